The van der Waals surface area contributed by atoms with Gasteiger partial charge in [-0.1, -0.05) is 38.1 Å². The van der Waals surface area contributed by atoms with Crippen molar-refractivity contribution in [2.45, 2.75) is 19.8 Å². The molecule has 0 aromatic heterocycles. The van der Waals surface area contributed by atoms with Crippen molar-refractivity contribution >= 4 is 29.6 Å². The maximum atomic E-state index is 12.9. The predicted molar refractivity (Wildman–Crippen MR) is 102 cm³/mol. The lowest BCUT2D eigenvalue weighted by atomic mass is 10.0. The third-order valence-corrected chi connectivity index (χ3v) is 4.63. The number of barbiturate groups is 1. The number of fused-ring (bicyclic) bond motifs is 1. The van der Waals surface area contributed by atoms with Gasteiger partial charge in [-0.25, -0.2) is 9.69 Å². The van der Waals surface area contributed by atoms with Crippen LogP contribution < -0.4 is 19.7 Å². The Kier molecular flexibility index (Phi) is 4.35. The highest BCUT2D eigenvalue weighted by atomic mass is 16.7. The summed E-state index contributed by atoms with van der Waals surface area (Å²) in [5.74, 6) is -0.0728. The molecule has 142 valence electrons. The largest absolute Gasteiger partial charge is 0.454 e. The minimum Gasteiger partial charge on any atom is -0.454 e. The maximum Gasteiger partial charge on any atom is 0.335 e. The first-order valence-corrected chi connectivity index (χ1v) is 8.85. The van der Waals surface area contributed by atoms with E-state index in [0.29, 0.717) is 28.7 Å². The molecule has 2 aliphatic rings. The number of carbonyl (C=O) groups is 3. The summed E-state index contributed by atoms with van der Waals surface area (Å²) in [4.78, 5) is 38.4. The van der Waals surface area contributed by atoms with Crippen molar-refractivity contribution in [3.63, 3.8) is 0 Å². The quantitative estimate of drug-likeness (QED) is 0.655. The molecule has 4 amide bonds. The Balaban J connectivity index is 1.68. The van der Waals surface area contributed by atoms with Crippen molar-refractivity contribution in [2.24, 2.45) is 0 Å². The molecule has 1 saturated heterocycles. The number of benzene rings is 2. The molecule has 1 N–H and O–H groups in total. The van der Waals surface area contributed by atoms with Crippen LogP contribution in [0, 0.1) is 0 Å². The first-order valence-electron chi connectivity index (χ1n) is 8.85. The summed E-state index contributed by atoms with van der Waals surface area (Å²) in [6.45, 7) is 4.25. The molecule has 0 aliphatic carbocycles. The number of anilines is 1. The fourth-order valence-electron chi connectivity index (χ4n) is 3.06. The number of rotatable bonds is 3. The van der Waals surface area contributed by atoms with Crippen LogP contribution in [-0.2, 0) is 9.59 Å². The highest BCUT2D eigenvalue weighted by molar-refractivity contribution is 6.39. The molecule has 7 heteroatoms. The zero-order valence-electron chi connectivity index (χ0n) is 15.4. The summed E-state index contributed by atoms with van der Waals surface area (Å²) >= 11 is 0. The molecule has 4 rings (SSSR count). The smallest absolute Gasteiger partial charge is 0.335 e. The Hall–Kier alpha value is -3.61. The Morgan fingerprint density at radius 2 is 1.71 bits per heavy atom. The van der Waals surface area contributed by atoms with Crippen LogP contribution in [0.2, 0.25) is 0 Å². The van der Waals surface area contributed by atoms with Crippen molar-refractivity contribution in [1.29, 1.82) is 0 Å². The van der Waals surface area contributed by atoms with E-state index in [9.17, 15) is 14.4 Å². The van der Waals surface area contributed by atoms with Crippen molar-refractivity contribution in [2.75, 3.05) is 11.7 Å². The third kappa shape index (κ3) is 3.11. The number of urea groups is 1. The molecular formula is C21H18N2O5. The van der Waals surface area contributed by atoms with E-state index in [-0.39, 0.29) is 12.4 Å². The first kappa shape index (κ1) is 17.8. The Morgan fingerprint density at radius 3 is 2.43 bits per heavy atom. The summed E-state index contributed by atoms with van der Waals surface area (Å²) < 4.78 is 10.5. The molecule has 7 nitrogen and oxygen atoms in total. The maximum absolute atomic E-state index is 12.9. The molecule has 2 aromatic rings. The van der Waals surface area contributed by atoms with Crippen LogP contribution in [-0.4, -0.2) is 24.6 Å². The van der Waals surface area contributed by atoms with Gasteiger partial charge in [-0.2, -0.15) is 0 Å². The fourth-order valence-corrected chi connectivity index (χ4v) is 3.06. The summed E-state index contributed by atoms with van der Waals surface area (Å²) in [6, 6.07) is 11.5. The number of nitrogens with one attached hydrogen (secondary N) is 1. The number of imide groups is 2. The lowest BCUT2D eigenvalue weighted by molar-refractivity contribution is -0.122. The molecule has 2 aromatic carbocycles. The molecule has 1 fully saturated rings. The lowest BCUT2D eigenvalue weighted by Crippen LogP contribution is -2.54. The van der Waals surface area contributed by atoms with Crippen LogP contribution >= 0.6 is 0 Å². The molecule has 2 heterocycles. The highest BCUT2D eigenvalue weighted by Gasteiger charge is 2.37. The number of nitrogens with zero attached hydrogens (tertiary/aromatic N) is 1. The summed E-state index contributed by atoms with van der Waals surface area (Å²) in [5.41, 5.74) is 2.02. The first-order chi connectivity index (χ1) is 13.4. The van der Waals surface area contributed by atoms with Crippen LogP contribution in [0.4, 0.5) is 10.5 Å². The normalized spacial score (nSPS) is 17.5. The predicted octanol–water partition coefficient (Wildman–Crippen LogP) is 3.21. The highest BCUT2D eigenvalue weighted by Crippen LogP contribution is 2.36. The average molecular weight is 378 g/mol. The van der Waals surface area contributed by atoms with E-state index in [4.69, 9.17) is 9.47 Å². The zero-order valence-corrected chi connectivity index (χ0v) is 15.4. The number of ether oxygens (including phenoxy) is 2. The van der Waals surface area contributed by atoms with Crippen molar-refractivity contribution in [1.82, 2.24) is 5.32 Å². The van der Waals surface area contributed by atoms with Gasteiger partial charge in [-0.15, -0.1) is 0 Å². The fraction of sp³-hybridized carbons (Fsp3) is 0.190. The molecule has 0 bridgehead atoms. The second-order valence-corrected chi connectivity index (χ2v) is 6.82. The topological polar surface area (TPSA) is 84.9 Å². The van der Waals surface area contributed by atoms with Crippen LogP contribution in [0.25, 0.3) is 6.08 Å². The van der Waals surface area contributed by atoms with E-state index < -0.39 is 17.8 Å². The molecule has 2 aliphatic heterocycles. The Morgan fingerprint density at radius 1 is 1.00 bits per heavy atom. The molecule has 0 saturated carbocycles. The lowest BCUT2D eigenvalue weighted by Gasteiger charge is -2.26. The monoisotopic (exact) mass is 378 g/mol. The molecular weight excluding hydrogens is 360 g/mol. The summed E-state index contributed by atoms with van der Waals surface area (Å²) in [6.07, 6.45) is 1.48. The Labute approximate surface area is 161 Å². The van der Waals surface area contributed by atoms with Crippen LogP contribution in [0.3, 0.4) is 0 Å². The molecule has 0 unspecified atom stereocenters. The van der Waals surface area contributed by atoms with E-state index in [1.165, 1.54) is 12.1 Å². The van der Waals surface area contributed by atoms with Gasteiger partial charge in [0.1, 0.15) is 5.57 Å². The van der Waals surface area contributed by atoms with Crippen LogP contribution in [0.5, 0.6) is 11.5 Å². The van der Waals surface area contributed by atoms with Gasteiger partial charge in [-0.05, 0) is 35.3 Å². The van der Waals surface area contributed by atoms with Gasteiger partial charge in [0.15, 0.2) is 11.5 Å². The minimum atomic E-state index is -0.804. The minimum absolute atomic E-state index is 0.0783. The molecule has 0 radical (unpaired) electrons. The van der Waals surface area contributed by atoms with Crippen molar-refractivity contribution in [3.8, 4) is 11.5 Å². The summed E-state index contributed by atoms with van der Waals surface area (Å²) in [5, 5.41) is 2.21. The average Bonchev–Trinajstić information content (AvgIpc) is 3.13. The van der Waals surface area contributed by atoms with E-state index in [1.807, 2.05) is 24.3 Å². The standard InChI is InChI=1S/C21H18N2O5/c1-12(2)14-5-3-13(4-6-14)9-16-19(24)22-21(26)23(20(16)25)15-7-8-17-18(10-15)28-11-27-17/h3-10,12H,11H2,1-2H3,(H,22,24,26). The number of hydrogen-bond donors (Lipinski definition) is 1. The van der Waals surface area contributed by atoms with Gasteiger partial charge in [0.25, 0.3) is 11.8 Å². The second-order valence-electron chi connectivity index (χ2n) is 6.82. The van der Waals surface area contributed by atoms with Gasteiger partial charge >= 0.3 is 6.03 Å². The SMILES string of the molecule is CC(C)c1ccc(C=C2C(=O)NC(=O)N(c3ccc4c(c3)OCO4)C2=O)cc1. The molecule has 28 heavy (non-hydrogen) atoms. The van der Waals surface area contributed by atoms with E-state index in [2.05, 4.69) is 19.2 Å². The van der Waals surface area contributed by atoms with Crippen molar-refractivity contribution < 1.29 is 23.9 Å². The number of amides is 4. The van der Waals surface area contributed by atoms with E-state index >= 15 is 0 Å². The van der Waals surface area contributed by atoms with Crippen LogP contribution in [0.1, 0.15) is 30.9 Å². The number of carbonyl (C=O) groups excluding carboxylic acids is 3. The second kappa shape index (κ2) is 6.84. The Bertz CT molecular complexity index is 1010. The van der Waals surface area contributed by atoms with Crippen LogP contribution in [0.15, 0.2) is 48.0 Å². The van der Waals surface area contributed by atoms with Gasteiger partial charge in [-0.3, -0.25) is 14.9 Å². The van der Waals surface area contributed by atoms with E-state index in [1.54, 1.807) is 12.1 Å². The zero-order chi connectivity index (χ0) is 19.8. The van der Waals surface area contributed by atoms with Gasteiger partial charge in [0, 0.05) is 6.07 Å². The van der Waals surface area contributed by atoms with Gasteiger partial charge in [0.2, 0.25) is 6.79 Å². The van der Waals surface area contributed by atoms with E-state index in [0.717, 1.165) is 10.5 Å². The third-order valence-electron chi connectivity index (χ3n) is 4.63. The molecule has 0 spiro atoms. The number of hydrogen-bond acceptors (Lipinski definition) is 5. The molecule has 0 atom stereocenters. The summed E-state index contributed by atoms with van der Waals surface area (Å²) in [7, 11) is 0. The van der Waals surface area contributed by atoms with Crippen molar-refractivity contribution in [3.05, 3.63) is 59.2 Å². The van der Waals surface area contributed by atoms with Gasteiger partial charge < -0.3 is 9.47 Å². The van der Waals surface area contributed by atoms with Gasteiger partial charge in [0.05, 0.1) is 5.69 Å².